The van der Waals surface area contributed by atoms with Gasteiger partial charge in [0.15, 0.2) is 5.78 Å². The number of rotatable bonds is 7. The number of nitrogens with one attached hydrogen (secondary N) is 1. The second kappa shape index (κ2) is 10.1. The summed E-state index contributed by atoms with van der Waals surface area (Å²) in [7, 11) is 0. The van der Waals surface area contributed by atoms with E-state index in [-0.39, 0.29) is 36.9 Å². The molecule has 0 saturated carbocycles. The molecule has 0 spiro atoms. The van der Waals surface area contributed by atoms with Gasteiger partial charge in [-0.2, -0.15) is 0 Å². The van der Waals surface area contributed by atoms with Gasteiger partial charge in [-0.3, -0.25) is 9.59 Å². The fourth-order valence-corrected chi connectivity index (χ4v) is 3.40. The monoisotopic (exact) mass is 386 g/mol. The number of halogens is 1. The van der Waals surface area contributed by atoms with Gasteiger partial charge < -0.3 is 11.1 Å². The van der Waals surface area contributed by atoms with E-state index in [4.69, 9.17) is 5.73 Å². The molecule has 2 aromatic carbocycles. The molecule has 0 fully saturated rings. The van der Waals surface area contributed by atoms with Crippen LogP contribution in [0.3, 0.4) is 0 Å². The SMILES string of the molecule is Cl.Nc1ccc(CCNC(=O)CCC(=O)c2ccc3c(c2)CCCC3)cc1. The number of Topliss-reactive ketones (excluding diaryl/α,β-unsaturated/α-hetero) is 1. The van der Waals surface area contributed by atoms with Gasteiger partial charge in [-0.1, -0.05) is 24.3 Å². The Morgan fingerprint density at radius 1 is 0.926 bits per heavy atom. The molecule has 0 aromatic heterocycles. The molecule has 1 aliphatic rings. The van der Waals surface area contributed by atoms with Gasteiger partial charge in [0.05, 0.1) is 0 Å². The van der Waals surface area contributed by atoms with Crippen molar-refractivity contribution in [3.05, 3.63) is 64.7 Å². The molecule has 27 heavy (non-hydrogen) atoms. The number of carbonyl (C=O) groups excluding carboxylic acids is 2. The minimum absolute atomic E-state index is 0. The van der Waals surface area contributed by atoms with Gasteiger partial charge in [0.25, 0.3) is 0 Å². The van der Waals surface area contributed by atoms with Crippen molar-refractivity contribution >= 4 is 29.8 Å². The molecular formula is C22H27ClN2O2. The molecule has 1 amide bonds. The maximum absolute atomic E-state index is 12.4. The molecule has 0 radical (unpaired) electrons. The standard InChI is InChI=1S/C22H26N2O2.ClH/c23-20-9-5-16(6-10-20)13-14-24-22(26)12-11-21(25)19-8-7-17-3-1-2-4-18(17)15-19;/h5-10,15H,1-4,11-14,23H2,(H,24,26);1H. The number of benzene rings is 2. The Labute approximate surface area is 166 Å². The molecule has 0 bridgehead atoms. The van der Waals surface area contributed by atoms with Gasteiger partial charge in [0, 0.05) is 30.6 Å². The van der Waals surface area contributed by atoms with Crippen LogP contribution < -0.4 is 11.1 Å². The number of amides is 1. The zero-order chi connectivity index (χ0) is 18.4. The number of ketones is 1. The first-order valence-corrected chi connectivity index (χ1v) is 9.38. The summed E-state index contributed by atoms with van der Waals surface area (Å²) < 4.78 is 0. The summed E-state index contributed by atoms with van der Waals surface area (Å²) in [5.41, 5.74) is 10.9. The summed E-state index contributed by atoms with van der Waals surface area (Å²) in [5.74, 6) is -0.0289. The van der Waals surface area contributed by atoms with E-state index in [1.165, 1.54) is 24.0 Å². The number of hydrogen-bond donors (Lipinski definition) is 2. The lowest BCUT2D eigenvalue weighted by atomic mass is 9.89. The van der Waals surface area contributed by atoms with Crippen LogP contribution in [0, 0.1) is 0 Å². The van der Waals surface area contributed by atoms with Gasteiger partial charge in [0.1, 0.15) is 0 Å². The molecule has 3 rings (SSSR count). The van der Waals surface area contributed by atoms with E-state index in [0.29, 0.717) is 6.54 Å². The molecule has 144 valence electrons. The highest BCUT2D eigenvalue weighted by atomic mass is 35.5. The number of hydrogen-bond acceptors (Lipinski definition) is 3. The zero-order valence-corrected chi connectivity index (χ0v) is 16.3. The van der Waals surface area contributed by atoms with Crippen LogP contribution in [0.5, 0.6) is 0 Å². The maximum atomic E-state index is 12.4. The van der Waals surface area contributed by atoms with Crippen LogP contribution in [-0.4, -0.2) is 18.2 Å². The van der Waals surface area contributed by atoms with Crippen molar-refractivity contribution in [2.75, 3.05) is 12.3 Å². The predicted octanol–water partition coefficient (Wildman–Crippen LogP) is 3.89. The van der Waals surface area contributed by atoms with E-state index in [0.717, 1.165) is 36.1 Å². The Balaban J connectivity index is 0.00000261. The fraction of sp³-hybridized carbons (Fsp3) is 0.364. The van der Waals surface area contributed by atoms with Crippen LogP contribution in [0.2, 0.25) is 0 Å². The quantitative estimate of drug-likeness (QED) is 0.560. The summed E-state index contributed by atoms with van der Waals surface area (Å²) in [4.78, 5) is 24.3. The Kier molecular flexibility index (Phi) is 7.86. The molecule has 2 aromatic rings. The normalized spacial score (nSPS) is 12.6. The van der Waals surface area contributed by atoms with Crippen LogP contribution in [0.1, 0.15) is 52.7 Å². The molecule has 4 nitrogen and oxygen atoms in total. The lowest BCUT2D eigenvalue weighted by Crippen LogP contribution is -2.26. The average molecular weight is 387 g/mol. The fourth-order valence-electron chi connectivity index (χ4n) is 3.40. The highest BCUT2D eigenvalue weighted by Crippen LogP contribution is 2.22. The number of anilines is 1. The largest absolute Gasteiger partial charge is 0.399 e. The van der Waals surface area contributed by atoms with E-state index in [9.17, 15) is 9.59 Å². The summed E-state index contributed by atoms with van der Waals surface area (Å²) in [6.45, 7) is 0.565. The van der Waals surface area contributed by atoms with Crippen molar-refractivity contribution in [2.24, 2.45) is 0 Å². The van der Waals surface area contributed by atoms with Crippen LogP contribution in [0.15, 0.2) is 42.5 Å². The summed E-state index contributed by atoms with van der Waals surface area (Å²) in [5, 5.41) is 2.88. The van der Waals surface area contributed by atoms with E-state index in [2.05, 4.69) is 11.4 Å². The molecule has 3 N–H and O–H groups in total. The smallest absolute Gasteiger partial charge is 0.220 e. The second-order valence-electron chi connectivity index (χ2n) is 6.96. The topological polar surface area (TPSA) is 72.2 Å². The molecule has 0 heterocycles. The number of carbonyl (C=O) groups is 2. The Morgan fingerprint density at radius 3 is 2.37 bits per heavy atom. The van der Waals surface area contributed by atoms with Crippen molar-refractivity contribution in [3.8, 4) is 0 Å². The van der Waals surface area contributed by atoms with E-state index >= 15 is 0 Å². The van der Waals surface area contributed by atoms with Gasteiger partial charge in [-0.05, 0) is 67.0 Å². The Bertz CT molecular complexity index is 787. The van der Waals surface area contributed by atoms with Crippen molar-refractivity contribution in [2.45, 2.75) is 44.9 Å². The van der Waals surface area contributed by atoms with E-state index in [1.54, 1.807) is 0 Å². The number of fused-ring (bicyclic) bond motifs is 1. The lowest BCUT2D eigenvalue weighted by molar-refractivity contribution is -0.121. The molecular weight excluding hydrogens is 360 g/mol. The third kappa shape index (κ3) is 6.10. The highest BCUT2D eigenvalue weighted by molar-refractivity contribution is 5.98. The lowest BCUT2D eigenvalue weighted by Gasteiger charge is -2.16. The van der Waals surface area contributed by atoms with Crippen LogP contribution in [0.25, 0.3) is 0 Å². The minimum Gasteiger partial charge on any atom is -0.399 e. The number of nitrogen functional groups attached to an aromatic ring is 1. The summed E-state index contributed by atoms with van der Waals surface area (Å²) in [6.07, 6.45) is 5.84. The zero-order valence-electron chi connectivity index (χ0n) is 15.5. The predicted molar refractivity (Wildman–Crippen MR) is 111 cm³/mol. The first-order valence-electron chi connectivity index (χ1n) is 9.38. The van der Waals surface area contributed by atoms with Gasteiger partial charge in [-0.25, -0.2) is 0 Å². The van der Waals surface area contributed by atoms with Crippen molar-refractivity contribution in [1.29, 1.82) is 0 Å². The van der Waals surface area contributed by atoms with Gasteiger partial charge >= 0.3 is 0 Å². The van der Waals surface area contributed by atoms with Crippen molar-refractivity contribution < 1.29 is 9.59 Å². The number of aryl methyl sites for hydroxylation is 2. The molecule has 1 aliphatic carbocycles. The van der Waals surface area contributed by atoms with Gasteiger partial charge in [0.2, 0.25) is 5.91 Å². The highest BCUT2D eigenvalue weighted by Gasteiger charge is 2.14. The van der Waals surface area contributed by atoms with Gasteiger partial charge in [-0.15, -0.1) is 12.4 Å². The third-order valence-corrected chi connectivity index (χ3v) is 4.97. The minimum atomic E-state index is -0.0771. The van der Waals surface area contributed by atoms with E-state index in [1.807, 2.05) is 36.4 Å². The average Bonchev–Trinajstić information content (AvgIpc) is 2.67. The molecule has 0 atom stereocenters. The maximum Gasteiger partial charge on any atom is 0.220 e. The number of nitrogens with two attached hydrogens (primary N) is 1. The van der Waals surface area contributed by atoms with E-state index < -0.39 is 0 Å². The van der Waals surface area contributed by atoms with Crippen LogP contribution in [0.4, 0.5) is 5.69 Å². The first-order chi connectivity index (χ1) is 12.6. The molecule has 5 heteroatoms. The molecule has 0 saturated heterocycles. The molecule has 0 unspecified atom stereocenters. The van der Waals surface area contributed by atoms with Crippen LogP contribution >= 0.6 is 12.4 Å². The second-order valence-corrected chi connectivity index (χ2v) is 6.96. The molecule has 0 aliphatic heterocycles. The van der Waals surface area contributed by atoms with Crippen LogP contribution in [-0.2, 0) is 24.1 Å². The van der Waals surface area contributed by atoms with Crippen molar-refractivity contribution in [3.63, 3.8) is 0 Å². The summed E-state index contributed by atoms with van der Waals surface area (Å²) in [6, 6.07) is 13.6. The first kappa shape index (κ1) is 21.0. The Morgan fingerprint density at radius 2 is 1.63 bits per heavy atom. The third-order valence-electron chi connectivity index (χ3n) is 4.97. The Hall–Kier alpha value is -2.33. The van der Waals surface area contributed by atoms with Crippen molar-refractivity contribution in [1.82, 2.24) is 5.32 Å². The summed E-state index contributed by atoms with van der Waals surface area (Å²) >= 11 is 0.